The molecular weight excluding hydrogens is 442 g/mol. The highest BCUT2D eigenvalue weighted by Gasteiger charge is 2.23. The number of carbonyl (C=O) groups is 1. The molecule has 1 aromatic carbocycles. The summed E-state index contributed by atoms with van der Waals surface area (Å²) in [5.41, 5.74) is 0. The number of amides is 1. The van der Waals surface area contributed by atoms with Crippen molar-refractivity contribution in [1.29, 1.82) is 0 Å². The molecule has 4 rings (SSSR count). The molecule has 1 saturated carbocycles. The minimum Gasteiger partial charge on any atom is -0.490 e. The quantitative estimate of drug-likeness (QED) is 0.647. The van der Waals surface area contributed by atoms with Crippen molar-refractivity contribution in [2.45, 2.75) is 56.3 Å². The molecule has 1 aromatic rings. The molecule has 1 amide bonds. The van der Waals surface area contributed by atoms with Gasteiger partial charge >= 0.3 is 0 Å². The van der Waals surface area contributed by atoms with Crippen LogP contribution in [0.15, 0.2) is 23.1 Å². The van der Waals surface area contributed by atoms with E-state index in [1.165, 1.54) is 44.2 Å². The van der Waals surface area contributed by atoms with Crippen molar-refractivity contribution in [2.24, 2.45) is 5.92 Å². The maximum absolute atomic E-state index is 12.7. The first-order valence-electron chi connectivity index (χ1n) is 12.4. The minimum atomic E-state index is -3.73. The maximum atomic E-state index is 12.7. The van der Waals surface area contributed by atoms with Gasteiger partial charge in [-0.1, -0.05) is 19.3 Å². The molecule has 0 atom stereocenters. The number of fused-ring (bicyclic) bond motifs is 1. The molecule has 2 fully saturated rings. The average Bonchev–Trinajstić information content (AvgIpc) is 3.20. The van der Waals surface area contributed by atoms with Crippen molar-refractivity contribution in [3.63, 3.8) is 0 Å². The highest BCUT2D eigenvalue weighted by atomic mass is 32.2. The summed E-state index contributed by atoms with van der Waals surface area (Å²) in [6.07, 6.45) is 8.64. The number of sulfonamides is 1. The van der Waals surface area contributed by atoms with E-state index in [4.69, 9.17) is 9.47 Å². The SMILES string of the molecule is O=C(CCNS(=O)(=O)c1ccc2c(c1)OCCCO2)N1CCCN(CC2CCCCC2)CC1. The number of benzene rings is 1. The number of carbonyl (C=O) groups excluding carboxylic acids is 1. The summed E-state index contributed by atoms with van der Waals surface area (Å²) < 4.78 is 39.1. The molecule has 8 nitrogen and oxygen atoms in total. The topological polar surface area (TPSA) is 88.2 Å². The van der Waals surface area contributed by atoms with E-state index in [1.54, 1.807) is 6.07 Å². The Balaban J connectivity index is 1.23. The lowest BCUT2D eigenvalue weighted by atomic mass is 9.89. The Morgan fingerprint density at radius 2 is 1.73 bits per heavy atom. The van der Waals surface area contributed by atoms with Gasteiger partial charge in [-0.25, -0.2) is 13.1 Å². The largest absolute Gasteiger partial charge is 0.490 e. The lowest BCUT2D eigenvalue weighted by Crippen LogP contribution is -2.38. The van der Waals surface area contributed by atoms with Crippen molar-refractivity contribution >= 4 is 15.9 Å². The van der Waals surface area contributed by atoms with Gasteiger partial charge in [0.1, 0.15) is 0 Å². The third-order valence-corrected chi connectivity index (χ3v) is 8.30. The summed E-state index contributed by atoms with van der Waals surface area (Å²) >= 11 is 0. The zero-order valence-electron chi connectivity index (χ0n) is 19.5. The van der Waals surface area contributed by atoms with Crippen molar-refractivity contribution in [2.75, 3.05) is 52.5 Å². The number of rotatable bonds is 7. The fraction of sp³-hybridized carbons (Fsp3) is 0.708. The highest BCUT2D eigenvalue weighted by molar-refractivity contribution is 7.89. The molecule has 2 heterocycles. The second kappa shape index (κ2) is 11.5. The van der Waals surface area contributed by atoms with Gasteiger partial charge in [0.25, 0.3) is 0 Å². The van der Waals surface area contributed by atoms with Crippen LogP contribution in [0, 0.1) is 5.92 Å². The Hall–Kier alpha value is -1.84. The van der Waals surface area contributed by atoms with Gasteiger partial charge in [0.2, 0.25) is 15.9 Å². The maximum Gasteiger partial charge on any atom is 0.240 e. The highest BCUT2D eigenvalue weighted by Crippen LogP contribution is 2.31. The van der Waals surface area contributed by atoms with Gasteiger partial charge in [-0.3, -0.25) is 4.79 Å². The van der Waals surface area contributed by atoms with Gasteiger partial charge in [0, 0.05) is 51.6 Å². The smallest absolute Gasteiger partial charge is 0.240 e. The monoisotopic (exact) mass is 479 g/mol. The number of nitrogens with zero attached hydrogens (tertiary/aromatic N) is 2. The molecule has 0 radical (unpaired) electrons. The predicted molar refractivity (Wildman–Crippen MR) is 126 cm³/mol. The van der Waals surface area contributed by atoms with Crippen LogP contribution in [-0.2, 0) is 14.8 Å². The number of ether oxygens (including phenoxy) is 2. The van der Waals surface area contributed by atoms with Crippen LogP contribution in [0.5, 0.6) is 11.5 Å². The molecule has 9 heteroatoms. The molecule has 1 saturated heterocycles. The first-order valence-corrected chi connectivity index (χ1v) is 13.9. The van der Waals surface area contributed by atoms with Crippen molar-refractivity contribution in [3.05, 3.63) is 18.2 Å². The summed E-state index contributed by atoms with van der Waals surface area (Å²) in [5, 5.41) is 0. The lowest BCUT2D eigenvalue weighted by Gasteiger charge is -2.28. The van der Waals surface area contributed by atoms with E-state index in [2.05, 4.69) is 9.62 Å². The minimum absolute atomic E-state index is 0.0101. The predicted octanol–water partition coefficient (Wildman–Crippen LogP) is 2.63. The fourth-order valence-electron chi connectivity index (χ4n) is 4.98. The molecule has 1 N–H and O–H groups in total. The van der Waals surface area contributed by atoms with Gasteiger partial charge in [-0.2, -0.15) is 0 Å². The summed E-state index contributed by atoms with van der Waals surface area (Å²) in [6.45, 7) is 5.69. The van der Waals surface area contributed by atoms with Crippen LogP contribution >= 0.6 is 0 Å². The second-order valence-electron chi connectivity index (χ2n) is 9.35. The molecular formula is C24H37N3O5S. The fourth-order valence-corrected chi connectivity index (χ4v) is 6.03. The van der Waals surface area contributed by atoms with Crippen LogP contribution in [0.4, 0.5) is 0 Å². The summed E-state index contributed by atoms with van der Waals surface area (Å²) in [7, 11) is -3.73. The zero-order chi connectivity index (χ0) is 23.1. The van der Waals surface area contributed by atoms with E-state index in [9.17, 15) is 13.2 Å². The molecule has 0 aromatic heterocycles. The Morgan fingerprint density at radius 1 is 0.939 bits per heavy atom. The lowest BCUT2D eigenvalue weighted by molar-refractivity contribution is -0.130. The van der Waals surface area contributed by atoms with E-state index < -0.39 is 10.0 Å². The normalized spacial score (nSPS) is 20.8. The Morgan fingerprint density at radius 3 is 2.55 bits per heavy atom. The van der Waals surface area contributed by atoms with E-state index in [0.29, 0.717) is 24.7 Å². The van der Waals surface area contributed by atoms with Crippen molar-refractivity contribution in [3.8, 4) is 11.5 Å². The van der Waals surface area contributed by atoms with Gasteiger partial charge in [-0.15, -0.1) is 0 Å². The van der Waals surface area contributed by atoms with Gasteiger partial charge in [0.15, 0.2) is 11.5 Å². The molecule has 0 spiro atoms. The Bertz CT molecular complexity index is 901. The molecule has 2 aliphatic heterocycles. The summed E-state index contributed by atoms with van der Waals surface area (Å²) in [5.74, 6) is 1.81. The average molecular weight is 480 g/mol. The standard InChI is InChI=1S/C24H37N3O5S/c28-24(27-13-4-12-26(14-15-27)19-20-6-2-1-3-7-20)10-11-25-33(29,30)21-8-9-22-23(18-21)32-17-5-16-31-22/h8-9,18,20,25H,1-7,10-17,19H2. The van der Waals surface area contributed by atoms with E-state index in [1.807, 2.05) is 4.90 Å². The molecule has 33 heavy (non-hydrogen) atoms. The molecule has 1 aliphatic carbocycles. The molecule has 3 aliphatic rings. The zero-order valence-corrected chi connectivity index (χ0v) is 20.3. The Labute approximate surface area is 197 Å². The van der Waals surface area contributed by atoms with Crippen LogP contribution < -0.4 is 14.2 Å². The number of hydrogen-bond donors (Lipinski definition) is 1. The number of nitrogens with one attached hydrogen (secondary N) is 1. The van der Waals surface area contributed by atoms with Crippen LogP contribution in [0.1, 0.15) is 51.4 Å². The number of hydrogen-bond acceptors (Lipinski definition) is 6. The first-order chi connectivity index (χ1) is 16.0. The van der Waals surface area contributed by atoms with E-state index in [-0.39, 0.29) is 23.8 Å². The summed E-state index contributed by atoms with van der Waals surface area (Å²) in [6, 6.07) is 4.62. The third kappa shape index (κ3) is 6.83. The van der Waals surface area contributed by atoms with Gasteiger partial charge in [-0.05, 0) is 43.9 Å². The molecule has 184 valence electrons. The van der Waals surface area contributed by atoms with Crippen LogP contribution in [-0.4, -0.2) is 76.6 Å². The second-order valence-corrected chi connectivity index (χ2v) is 11.1. The Kier molecular flexibility index (Phi) is 8.49. The molecule has 0 bridgehead atoms. The van der Waals surface area contributed by atoms with Gasteiger partial charge < -0.3 is 19.3 Å². The van der Waals surface area contributed by atoms with E-state index in [0.717, 1.165) is 51.5 Å². The van der Waals surface area contributed by atoms with Gasteiger partial charge in [0.05, 0.1) is 18.1 Å². The van der Waals surface area contributed by atoms with Crippen LogP contribution in [0.2, 0.25) is 0 Å². The molecule has 0 unspecified atom stereocenters. The van der Waals surface area contributed by atoms with Crippen molar-refractivity contribution in [1.82, 2.24) is 14.5 Å². The van der Waals surface area contributed by atoms with Crippen LogP contribution in [0.3, 0.4) is 0 Å². The summed E-state index contributed by atoms with van der Waals surface area (Å²) in [4.78, 5) is 17.3. The third-order valence-electron chi connectivity index (χ3n) is 6.84. The van der Waals surface area contributed by atoms with Crippen LogP contribution in [0.25, 0.3) is 0 Å². The first kappa shape index (κ1) is 24.3. The van der Waals surface area contributed by atoms with Crippen molar-refractivity contribution < 1.29 is 22.7 Å². The van der Waals surface area contributed by atoms with E-state index >= 15 is 0 Å².